The van der Waals surface area contributed by atoms with Gasteiger partial charge in [-0.3, -0.25) is 0 Å². The Balaban J connectivity index is 0.000000852. The number of hydrogen-bond acceptors (Lipinski definition) is 0. The van der Waals surface area contributed by atoms with E-state index in [1.165, 1.54) is 63.4 Å². The zero-order valence-electron chi connectivity index (χ0n) is 22.0. The Labute approximate surface area is 195 Å². The highest BCUT2D eigenvalue weighted by molar-refractivity contribution is 5.39. The first-order valence-electron chi connectivity index (χ1n) is 13.1. The van der Waals surface area contributed by atoms with Gasteiger partial charge < -0.3 is 0 Å². The van der Waals surface area contributed by atoms with Crippen LogP contribution >= 0.6 is 0 Å². The molecule has 0 saturated carbocycles. The molecule has 1 unspecified atom stereocenters. The minimum absolute atomic E-state index is 0.429. The van der Waals surface area contributed by atoms with Crippen LogP contribution in [0.5, 0.6) is 0 Å². The summed E-state index contributed by atoms with van der Waals surface area (Å²) in [4.78, 5) is 0. The van der Waals surface area contributed by atoms with Gasteiger partial charge >= 0.3 is 0 Å². The fourth-order valence-corrected chi connectivity index (χ4v) is 4.86. The van der Waals surface area contributed by atoms with E-state index in [0.717, 1.165) is 12.3 Å². The van der Waals surface area contributed by atoms with Gasteiger partial charge in [-0.25, -0.2) is 0 Å². The third-order valence-corrected chi connectivity index (χ3v) is 6.81. The van der Waals surface area contributed by atoms with Crippen LogP contribution in [0.4, 0.5) is 0 Å². The van der Waals surface area contributed by atoms with Crippen molar-refractivity contribution in [1.29, 1.82) is 0 Å². The molecule has 1 atom stereocenters. The first-order chi connectivity index (χ1) is 15.1. The maximum atomic E-state index is 3.95. The van der Waals surface area contributed by atoms with Gasteiger partial charge in [0.15, 0.2) is 0 Å². The molecule has 0 spiro atoms. The molecule has 0 bridgehead atoms. The highest BCUT2D eigenvalue weighted by atomic mass is 14.4. The molecule has 0 aromatic heterocycles. The van der Waals surface area contributed by atoms with Crippen LogP contribution in [0.3, 0.4) is 0 Å². The molecule has 0 fully saturated rings. The molecule has 0 heteroatoms. The molecule has 1 aliphatic rings. The summed E-state index contributed by atoms with van der Waals surface area (Å²) >= 11 is 0. The predicted molar refractivity (Wildman–Crippen MR) is 144 cm³/mol. The van der Waals surface area contributed by atoms with Crippen molar-refractivity contribution < 1.29 is 0 Å². The lowest BCUT2D eigenvalue weighted by molar-refractivity contribution is 0.349. The van der Waals surface area contributed by atoms with Crippen molar-refractivity contribution in [2.45, 2.75) is 118 Å². The molecule has 176 valence electrons. The van der Waals surface area contributed by atoms with E-state index in [9.17, 15) is 0 Å². The number of rotatable bonds is 11. The molecule has 0 N–H and O–H groups in total. The van der Waals surface area contributed by atoms with Crippen LogP contribution in [-0.4, -0.2) is 0 Å². The van der Waals surface area contributed by atoms with Gasteiger partial charge in [-0.15, -0.1) is 0 Å². The molecular weight excluding hydrogens is 372 g/mol. The van der Waals surface area contributed by atoms with Crippen molar-refractivity contribution in [3.63, 3.8) is 0 Å². The maximum absolute atomic E-state index is 3.95. The molecule has 31 heavy (non-hydrogen) atoms. The molecule has 1 aromatic carbocycles. The summed E-state index contributed by atoms with van der Waals surface area (Å²) < 4.78 is 0. The highest BCUT2D eigenvalue weighted by Crippen LogP contribution is 2.46. The lowest BCUT2D eigenvalue weighted by Gasteiger charge is -2.30. The molecule has 0 radical (unpaired) electrons. The summed E-state index contributed by atoms with van der Waals surface area (Å²) in [6.45, 7) is 19.1. The average Bonchev–Trinajstić information content (AvgIpc) is 3.18. The van der Waals surface area contributed by atoms with Crippen LogP contribution in [0, 0.1) is 5.92 Å². The van der Waals surface area contributed by atoms with Crippen LogP contribution in [0.1, 0.15) is 117 Å². The number of aryl methyl sites for hydroxylation is 1. The van der Waals surface area contributed by atoms with Crippen LogP contribution in [0.15, 0.2) is 60.7 Å². The minimum Gasteiger partial charge on any atom is -0.0988 e. The van der Waals surface area contributed by atoms with E-state index < -0.39 is 0 Å². The van der Waals surface area contributed by atoms with Gasteiger partial charge in [0.2, 0.25) is 0 Å². The van der Waals surface area contributed by atoms with Gasteiger partial charge in [0.05, 0.1) is 0 Å². The lowest BCUT2D eigenvalue weighted by Crippen LogP contribution is -2.22. The highest BCUT2D eigenvalue weighted by Gasteiger charge is 2.36. The van der Waals surface area contributed by atoms with Crippen molar-refractivity contribution >= 4 is 0 Å². The third kappa shape index (κ3) is 10.1. The molecule has 2 rings (SSSR count). The topological polar surface area (TPSA) is 0 Å². The third-order valence-electron chi connectivity index (χ3n) is 6.81. The Morgan fingerprint density at radius 3 is 2.19 bits per heavy atom. The minimum atomic E-state index is 0.429. The second-order valence-corrected chi connectivity index (χ2v) is 8.60. The van der Waals surface area contributed by atoms with Crippen LogP contribution in [-0.2, 0) is 11.8 Å². The Morgan fingerprint density at radius 1 is 1.03 bits per heavy atom. The molecule has 0 amide bonds. The summed E-state index contributed by atoms with van der Waals surface area (Å²) in [5.41, 5.74) is 5.01. The van der Waals surface area contributed by atoms with Gasteiger partial charge in [-0.2, -0.15) is 0 Å². The smallest absolute Gasteiger partial charge is 0.00411 e. The lowest BCUT2D eigenvalue weighted by atomic mass is 9.74. The molecule has 1 aliphatic carbocycles. The number of benzene rings is 1. The van der Waals surface area contributed by atoms with Crippen molar-refractivity contribution in [1.82, 2.24) is 0 Å². The first kappa shape index (κ1) is 29.4. The van der Waals surface area contributed by atoms with Gasteiger partial charge in [0.1, 0.15) is 0 Å². The van der Waals surface area contributed by atoms with E-state index in [1.54, 1.807) is 11.1 Å². The molecule has 0 heterocycles. The van der Waals surface area contributed by atoms with Gasteiger partial charge in [-0.1, -0.05) is 122 Å². The molecule has 0 aliphatic heterocycles. The fraction of sp³-hybridized carbons (Fsp3) is 0.613. The van der Waals surface area contributed by atoms with E-state index in [-0.39, 0.29) is 0 Å². The molecule has 1 aromatic rings. The average molecular weight is 425 g/mol. The number of fused-ring (bicyclic) bond motifs is 1. The maximum Gasteiger partial charge on any atom is -0.00411 e. The van der Waals surface area contributed by atoms with Crippen molar-refractivity contribution in [3.05, 3.63) is 71.8 Å². The Bertz CT molecular complexity index is 620. The molecule has 0 saturated heterocycles. The van der Waals surface area contributed by atoms with Gasteiger partial charge in [0.25, 0.3) is 0 Å². The SMILES string of the molecule is C=C/C(=C\C=C/C)CCCC1(CCC)CCc2ccccc21.CC.CCC(CC)CC. The Hall–Kier alpha value is -1.56. The monoisotopic (exact) mass is 424 g/mol. The predicted octanol–water partition coefficient (Wildman–Crippen LogP) is 10.4. The van der Waals surface area contributed by atoms with E-state index in [1.807, 2.05) is 19.9 Å². The summed E-state index contributed by atoms with van der Waals surface area (Å²) in [6.07, 6.45) is 21.4. The first-order valence-corrected chi connectivity index (χ1v) is 13.1. The van der Waals surface area contributed by atoms with E-state index in [0.29, 0.717) is 5.41 Å². The van der Waals surface area contributed by atoms with E-state index in [4.69, 9.17) is 0 Å². The Kier molecular flexibility index (Phi) is 17.1. The van der Waals surface area contributed by atoms with Crippen molar-refractivity contribution in [3.8, 4) is 0 Å². The molecular formula is C31H52. The van der Waals surface area contributed by atoms with Crippen LogP contribution < -0.4 is 0 Å². The van der Waals surface area contributed by atoms with E-state index >= 15 is 0 Å². The zero-order valence-corrected chi connectivity index (χ0v) is 22.0. The van der Waals surface area contributed by atoms with Crippen LogP contribution in [0.2, 0.25) is 0 Å². The second-order valence-electron chi connectivity index (χ2n) is 8.60. The number of allylic oxidation sites excluding steroid dienone is 5. The summed E-state index contributed by atoms with van der Waals surface area (Å²) in [6, 6.07) is 9.11. The summed E-state index contributed by atoms with van der Waals surface area (Å²) in [5.74, 6) is 0.986. The van der Waals surface area contributed by atoms with Crippen LogP contribution in [0.25, 0.3) is 0 Å². The van der Waals surface area contributed by atoms with Gasteiger partial charge in [0, 0.05) is 0 Å². The summed E-state index contributed by atoms with van der Waals surface area (Å²) in [7, 11) is 0. The summed E-state index contributed by atoms with van der Waals surface area (Å²) in [5, 5.41) is 0. The second kappa shape index (κ2) is 18.1. The van der Waals surface area contributed by atoms with E-state index in [2.05, 4.69) is 83.7 Å². The molecule has 0 nitrogen and oxygen atoms in total. The quantitative estimate of drug-likeness (QED) is 0.310. The normalized spacial score (nSPS) is 17.6. The van der Waals surface area contributed by atoms with Crippen molar-refractivity contribution in [2.24, 2.45) is 5.92 Å². The van der Waals surface area contributed by atoms with Crippen molar-refractivity contribution in [2.75, 3.05) is 0 Å². The fourth-order valence-electron chi connectivity index (χ4n) is 4.86. The van der Waals surface area contributed by atoms with Gasteiger partial charge in [-0.05, 0) is 73.5 Å². The largest absolute Gasteiger partial charge is 0.0988 e. The standard InChI is InChI=1S/C22H30.C7H16.C2H6/c1-4-7-11-19(6-3)12-10-17-22(16-5-2)18-15-20-13-8-9-14-21(20)22;1-4-7(5-2)6-3;1-2/h4,6-9,11,13-14H,3,5,10,12,15-18H2,1-2H3;7H,4-6H2,1-3H3;1-2H3/b7-4-,19-11+;;. The number of hydrogen-bond donors (Lipinski definition) is 0. The Morgan fingerprint density at radius 2 is 1.68 bits per heavy atom. The zero-order chi connectivity index (χ0) is 23.5.